The van der Waals surface area contributed by atoms with E-state index >= 15 is 0 Å². The first-order valence-electron chi connectivity index (χ1n) is 5.66. The average Bonchev–Trinajstić information content (AvgIpc) is 2.26. The highest BCUT2D eigenvalue weighted by atomic mass is 16.5. The zero-order chi connectivity index (χ0) is 12.0. The van der Waals surface area contributed by atoms with E-state index in [0.717, 1.165) is 29.8 Å². The molecule has 0 saturated carbocycles. The monoisotopic (exact) mass is 223 g/mol. The normalized spacial score (nSPS) is 12.8. The number of rotatable bonds is 6. The van der Waals surface area contributed by atoms with Crippen LogP contribution >= 0.6 is 0 Å². The second-order valence-electron chi connectivity index (χ2n) is 4.01. The lowest BCUT2D eigenvalue weighted by molar-refractivity contribution is 0.111. The smallest absolute Gasteiger partial charge is 0.0867 e. The van der Waals surface area contributed by atoms with E-state index in [-0.39, 0.29) is 6.04 Å². The molecule has 90 valence electrons. The van der Waals surface area contributed by atoms with Gasteiger partial charge in [0, 0.05) is 12.8 Å². The molecule has 0 radical (unpaired) electrons. The van der Waals surface area contributed by atoms with Crippen molar-refractivity contribution in [1.82, 2.24) is 10.4 Å². The Morgan fingerprint density at radius 1 is 1.50 bits per heavy atom. The van der Waals surface area contributed by atoms with Gasteiger partial charge < -0.3 is 4.74 Å². The summed E-state index contributed by atoms with van der Waals surface area (Å²) < 4.78 is 5.49. The Morgan fingerprint density at radius 3 is 2.81 bits per heavy atom. The molecule has 0 aliphatic rings. The van der Waals surface area contributed by atoms with E-state index in [0.29, 0.717) is 6.61 Å². The molecule has 0 spiro atoms. The summed E-state index contributed by atoms with van der Waals surface area (Å²) in [5, 5.41) is 0. The van der Waals surface area contributed by atoms with Crippen molar-refractivity contribution in [2.24, 2.45) is 5.84 Å². The largest absolute Gasteiger partial charge is 0.379 e. The van der Waals surface area contributed by atoms with Crippen molar-refractivity contribution in [2.75, 3.05) is 13.2 Å². The maximum atomic E-state index is 5.52. The number of hydrazine groups is 1. The topological polar surface area (TPSA) is 60.2 Å². The molecule has 0 saturated heterocycles. The number of hydrogen-bond acceptors (Lipinski definition) is 4. The lowest BCUT2D eigenvalue weighted by atomic mass is 10.1. The van der Waals surface area contributed by atoms with Gasteiger partial charge in [-0.15, -0.1) is 0 Å². The highest BCUT2D eigenvalue weighted by Gasteiger charge is 2.13. The first-order chi connectivity index (χ1) is 7.69. The average molecular weight is 223 g/mol. The number of ether oxygens (including phenoxy) is 1. The van der Waals surface area contributed by atoms with Gasteiger partial charge in [-0.2, -0.15) is 0 Å². The molecule has 0 aliphatic heterocycles. The second kappa shape index (κ2) is 6.58. The van der Waals surface area contributed by atoms with E-state index < -0.39 is 0 Å². The number of pyridine rings is 1. The zero-order valence-corrected chi connectivity index (χ0v) is 10.3. The fraction of sp³-hybridized carbons (Fsp3) is 0.583. The number of aromatic nitrogens is 1. The molecule has 1 heterocycles. The molecular weight excluding hydrogens is 202 g/mol. The quantitative estimate of drug-likeness (QED) is 0.437. The second-order valence-corrected chi connectivity index (χ2v) is 4.01. The van der Waals surface area contributed by atoms with E-state index in [2.05, 4.69) is 23.4 Å². The molecule has 1 aromatic rings. The van der Waals surface area contributed by atoms with E-state index in [1.54, 1.807) is 0 Å². The Kier molecular flexibility index (Phi) is 5.38. The van der Waals surface area contributed by atoms with Gasteiger partial charge in [-0.1, -0.05) is 13.0 Å². The third-order valence-corrected chi connectivity index (χ3v) is 2.42. The number of hydrogen-bond donors (Lipinski definition) is 2. The Labute approximate surface area is 97.2 Å². The van der Waals surface area contributed by atoms with Crippen LogP contribution in [0.25, 0.3) is 0 Å². The minimum Gasteiger partial charge on any atom is -0.379 e. The van der Waals surface area contributed by atoms with E-state index in [1.165, 1.54) is 0 Å². The summed E-state index contributed by atoms with van der Waals surface area (Å²) in [7, 11) is 0. The molecule has 3 N–H and O–H groups in total. The van der Waals surface area contributed by atoms with Crippen LogP contribution in [0.5, 0.6) is 0 Å². The molecule has 0 bridgehead atoms. The molecule has 4 heteroatoms. The van der Waals surface area contributed by atoms with E-state index in [4.69, 9.17) is 10.6 Å². The van der Waals surface area contributed by atoms with Crippen LogP contribution in [0.15, 0.2) is 12.3 Å². The predicted molar refractivity (Wildman–Crippen MR) is 64.9 cm³/mol. The summed E-state index contributed by atoms with van der Waals surface area (Å²) in [4.78, 5) is 4.41. The van der Waals surface area contributed by atoms with Crippen molar-refractivity contribution in [3.63, 3.8) is 0 Å². The van der Waals surface area contributed by atoms with Gasteiger partial charge in [-0.25, -0.2) is 5.43 Å². The van der Waals surface area contributed by atoms with Crippen molar-refractivity contribution >= 4 is 0 Å². The summed E-state index contributed by atoms with van der Waals surface area (Å²) in [6.45, 7) is 7.46. The lowest BCUT2D eigenvalue weighted by Crippen LogP contribution is -2.32. The van der Waals surface area contributed by atoms with Crippen molar-refractivity contribution in [1.29, 1.82) is 0 Å². The van der Waals surface area contributed by atoms with Crippen LogP contribution in [-0.4, -0.2) is 18.2 Å². The molecule has 16 heavy (non-hydrogen) atoms. The Balaban J connectivity index is 2.70. The summed E-state index contributed by atoms with van der Waals surface area (Å²) in [6.07, 6.45) is 2.87. The molecule has 0 aromatic carbocycles. The highest BCUT2D eigenvalue weighted by molar-refractivity contribution is 5.25. The van der Waals surface area contributed by atoms with Crippen LogP contribution in [0.1, 0.15) is 36.2 Å². The molecule has 1 unspecified atom stereocenters. The van der Waals surface area contributed by atoms with Gasteiger partial charge in [0.15, 0.2) is 0 Å². The third-order valence-electron chi connectivity index (χ3n) is 2.42. The van der Waals surface area contributed by atoms with Crippen molar-refractivity contribution in [3.05, 3.63) is 29.1 Å². The van der Waals surface area contributed by atoms with E-state index in [9.17, 15) is 0 Å². The number of nitrogens with zero attached hydrogens (tertiary/aromatic N) is 1. The van der Waals surface area contributed by atoms with Crippen LogP contribution in [0.4, 0.5) is 0 Å². The van der Waals surface area contributed by atoms with Crippen molar-refractivity contribution in [2.45, 2.75) is 33.2 Å². The van der Waals surface area contributed by atoms with Gasteiger partial charge in [0.1, 0.15) is 0 Å². The molecule has 4 nitrogen and oxygen atoms in total. The Hall–Kier alpha value is -0.970. The summed E-state index contributed by atoms with van der Waals surface area (Å²) >= 11 is 0. The number of aryl methyl sites for hydroxylation is 2. The van der Waals surface area contributed by atoms with Crippen molar-refractivity contribution in [3.8, 4) is 0 Å². The van der Waals surface area contributed by atoms with E-state index in [1.807, 2.05) is 20.0 Å². The molecule has 1 rings (SSSR count). The minimum atomic E-state index is -0.0350. The summed E-state index contributed by atoms with van der Waals surface area (Å²) in [5.41, 5.74) is 6.01. The molecule has 1 atom stereocenters. The Bertz CT molecular complexity index is 328. The fourth-order valence-electron chi connectivity index (χ4n) is 1.64. The first kappa shape index (κ1) is 13.1. The number of nitrogens with two attached hydrogens (primary N) is 1. The maximum absolute atomic E-state index is 5.52. The SMILES string of the molecule is CCCOCC(NN)c1ncc(C)cc1C. The van der Waals surface area contributed by atoms with Crippen LogP contribution in [-0.2, 0) is 4.74 Å². The predicted octanol–water partition coefficient (Wildman–Crippen LogP) is 1.63. The zero-order valence-electron chi connectivity index (χ0n) is 10.3. The molecule has 0 amide bonds. The van der Waals surface area contributed by atoms with Crippen LogP contribution in [0.3, 0.4) is 0 Å². The third kappa shape index (κ3) is 3.56. The number of nitrogens with one attached hydrogen (secondary N) is 1. The standard InChI is InChI=1S/C12H21N3O/c1-4-5-16-8-11(15-13)12-10(3)6-9(2)7-14-12/h6-7,11,15H,4-5,8,13H2,1-3H3. The van der Waals surface area contributed by atoms with Crippen LogP contribution < -0.4 is 11.3 Å². The molecule has 0 aliphatic carbocycles. The Morgan fingerprint density at radius 2 is 2.25 bits per heavy atom. The van der Waals surface area contributed by atoms with Gasteiger partial charge in [0.25, 0.3) is 0 Å². The molecular formula is C12H21N3O. The van der Waals surface area contributed by atoms with Gasteiger partial charge >= 0.3 is 0 Å². The van der Waals surface area contributed by atoms with Gasteiger partial charge in [-0.05, 0) is 31.4 Å². The van der Waals surface area contributed by atoms with Crippen LogP contribution in [0, 0.1) is 13.8 Å². The minimum absolute atomic E-state index is 0.0350. The molecule has 1 aromatic heterocycles. The molecule has 0 fully saturated rings. The van der Waals surface area contributed by atoms with Crippen LogP contribution in [0.2, 0.25) is 0 Å². The lowest BCUT2D eigenvalue weighted by Gasteiger charge is -2.17. The summed E-state index contributed by atoms with van der Waals surface area (Å²) in [5.74, 6) is 5.52. The van der Waals surface area contributed by atoms with Gasteiger partial charge in [0.2, 0.25) is 0 Å². The van der Waals surface area contributed by atoms with Gasteiger partial charge in [-0.3, -0.25) is 10.8 Å². The highest BCUT2D eigenvalue weighted by Crippen LogP contribution is 2.15. The first-order valence-corrected chi connectivity index (χ1v) is 5.66. The maximum Gasteiger partial charge on any atom is 0.0867 e. The fourth-order valence-corrected chi connectivity index (χ4v) is 1.64. The van der Waals surface area contributed by atoms with Crippen molar-refractivity contribution < 1.29 is 4.74 Å². The van der Waals surface area contributed by atoms with Gasteiger partial charge in [0.05, 0.1) is 18.3 Å². The summed E-state index contributed by atoms with van der Waals surface area (Å²) in [6, 6.07) is 2.07.